The molecule has 3 heteroatoms. The van der Waals surface area contributed by atoms with Gasteiger partial charge >= 0.3 is 0 Å². The lowest BCUT2D eigenvalue weighted by Crippen LogP contribution is -2.37. The number of primary amides is 1. The molecule has 10 heavy (non-hydrogen) atoms. The molecule has 0 aliphatic rings. The zero-order valence-corrected chi connectivity index (χ0v) is 6.69. The molecule has 1 amide bonds. The zero-order valence-electron chi connectivity index (χ0n) is 6.69. The molecule has 0 atom stereocenters. The van der Waals surface area contributed by atoms with E-state index < -0.39 is 11.3 Å². The zero-order chi connectivity index (χ0) is 8.36. The minimum Gasteiger partial charge on any atom is -0.369 e. The highest BCUT2D eigenvalue weighted by Gasteiger charge is 2.28. The first kappa shape index (κ1) is 9.14. The molecule has 0 bridgehead atoms. The third-order valence-corrected chi connectivity index (χ3v) is 1.72. The molecule has 0 heterocycles. The molecule has 0 radical (unpaired) electrons. The molecule has 0 aliphatic carbocycles. The first-order chi connectivity index (χ1) is 4.42. The fraction of sp³-hybridized carbons (Fsp3) is 0.714. The number of carbonyl (C=O) groups is 1. The van der Waals surface area contributed by atoms with Gasteiger partial charge in [-0.1, -0.05) is 6.92 Å². The summed E-state index contributed by atoms with van der Waals surface area (Å²) in [5.74, 6) is -0.431. The molecule has 0 fully saturated rings. The Hall–Kier alpha value is -0.860. The summed E-state index contributed by atoms with van der Waals surface area (Å²) in [5.41, 5.74) is 4.69. The van der Waals surface area contributed by atoms with Crippen molar-refractivity contribution in [1.82, 2.24) is 0 Å². The van der Waals surface area contributed by atoms with Gasteiger partial charge in [-0.15, -0.1) is 0 Å². The molecule has 0 aromatic rings. The van der Waals surface area contributed by atoms with E-state index in [1.807, 2.05) is 6.92 Å². The maximum atomic E-state index is 10.7. The van der Waals surface area contributed by atoms with Crippen LogP contribution >= 0.6 is 0 Å². The van der Waals surface area contributed by atoms with E-state index in [1.165, 1.54) is 0 Å². The summed E-state index contributed by atoms with van der Waals surface area (Å²) < 4.78 is 0. The Kier molecular flexibility index (Phi) is 2.57. The molecule has 0 unspecified atom stereocenters. The highest BCUT2D eigenvalue weighted by atomic mass is 16.1. The summed E-state index contributed by atoms with van der Waals surface area (Å²) >= 11 is 0. The molecule has 58 valence electrons. The average molecular weight is 142 g/mol. The Morgan fingerprint density at radius 1 is 1.60 bits per heavy atom. The lowest BCUT2D eigenvalue weighted by Gasteiger charge is -2.20. The van der Waals surface area contributed by atoms with E-state index in [9.17, 15) is 4.79 Å². The Morgan fingerprint density at radius 3 is 2.10 bits per heavy atom. The van der Waals surface area contributed by atoms with Crippen LogP contribution in [0.2, 0.25) is 0 Å². The van der Waals surface area contributed by atoms with Crippen LogP contribution in [0.15, 0.2) is 0 Å². The van der Waals surface area contributed by atoms with E-state index in [4.69, 9.17) is 11.1 Å². The van der Waals surface area contributed by atoms with Gasteiger partial charge in [0.2, 0.25) is 5.91 Å². The van der Waals surface area contributed by atoms with Crippen LogP contribution in [-0.2, 0) is 4.79 Å². The van der Waals surface area contributed by atoms with Crippen molar-refractivity contribution < 1.29 is 4.79 Å². The number of rotatable bonds is 3. The molecule has 0 saturated carbocycles. The highest BCUT2D eigenvalue weighted by molar-refractivity contribution is 6.05. The second-order valence-electron chi connectivity index (χ2n) is 2.82. The van der Waals surface area contributed by atoms with E-state index >= 15 is 0 Å². The van der Waals surface area contributed by atoms with Crippen molar-refractivity contribution in [2.75, 3.05) is 0 Å². The number of amides is 1. The van der Waals surface area contributed by atoms with E-state index in [2.05, 4.69) is 0 Å². The molecule has 3 nitrogen and oxygen atoms in total. The topological polar surface area (TPSA) is 66.9 Å². The summed E-state index contributed by atoms with van der Waals surface area (Å²) in [6, 6.07) is 0. The van der Waals surface area contributed by atoms with Gasteiger partial charge in [-0.2, -0.15) is 0 Å². The van der Waals surface area contributed by atoms with Crippen molar-refractivity contribution in [1.29, 1.82) is 5.41 Å². The predicted molar refractivity (Wildman–Crippen MR) is 41.0 cm³/mol. The largest absolute Gasteiger partial charge is 0.369 e. The number of nitrogens with one attached hydrogen (secondary N) is 1. The van der Waals surface area contributed by atoms with Crippen molar-refractivity contribution in [3.63, 3.8) is 0 Å². The first-order valence-corrected chi connectivity index (χ1v) is 3.30. The predicted octanol–water partition coefficient (Wildman–Crippen LogP) is 0.928. The third-order valence-electron chi connectivity index (χ3n) is 1.72. The van der Waals surface area contributed by atoms with E-state index in [0.29, 0.717) is 12.1 Å². The summed E-state index contributed by atoms with van der Waals surface area (Å²) in [4.78, 5) is 10.7. The summed E-state index contributed by atoms with van der Waals surface area (Å²) in [7, 11) is 0. The Balaban J connectivity index is 4.40. The van der Waals surface area contributed by atoms with Crippen molar-refractivity contribution in [3.8, 4) is 0 Å². The summed E-state index contributed by atoms with van der Waals surface area (Å²) in [6.07, 6.45) is 0.579. The molecule has 0 aromatic heterocycles. The lowest BCUT2D eigenvalue weighted by molar-refractivity contribution is -0.123. The Labute approximate surface area is 61.1 Å². The lowest BCUT2D eigenvalue weighted by atomic mass is 9.85. The quantitative estimate of drug-likeness (QED) is 0.565. The SMILES string of the molecule is CCC(=N)C(C)(C)C(N)=O. The van der Waals surface area contributed by atoms with Crippen LogP contribution in [0.5, 0.6) is 0 Å². The molecular formula is C7H14N2O. The van der Waals surface area contributed by atoms with Gasteiger partial charge in [0.25, 0.3) is 0 Å². The van der Waals surface area contributed by atoms with Crippen LogP contribution in [0.25, 0.3) is 0 Å². The molecular weight excluding hydrogens is 128 g/mol. The molecule has 0 saturated heterocycles. The van der Waals surface area contributed by atoms with Gasteiger partial charge in [-0.3, -0.25) is 4.79 Å². The fourth-order valence-electron chi connectivity index (χ4n) is 0.591. The molecule has 3 N–H and O–H groups in total. The summed E-state index contributed by atoms with van der Waals surface area (Å²) in [6.45, 7) is 5.18. The van der Waals surface area contributed by atoms with Crippen LogP contribution in [0.3, 0.4) is 0 Å². The van der Waals surface area contributed by atoms with Gasteiger partial charge in [0.1, 0.15) is 0 Å². The van der Waals surface area contributed by atoms with E-state index in [0.717, 1.165) is 0 Å². The highest BCUT2D eigenvalue weighted by Crippen LogP contribution is 2.17. The summed E-state index contributed by atoms with van der Waals surface area (Å²) in [5, 5.41) is 7.37. The second-order valence-corrected chi connectivity index (χ2v) is 2.82. The standard InChI is InChI=1S/C7H14N2O/c1-4-5(8)7(2,3)6(9)10/h8H,4H2,1-3H3,(H2,9,10). The van der Waals surface area contributed by atoms with E-state index in [-0.39, 0.29) is 0 Å². The number of hydrogen-bond donors (Lipinski definition) is 2. The monoisotopic (exact) mass is 142 g/mol. The van der Waals surface area contributed by atoms with Crippen LogP contribution in [0, 0.1) is 10.8 Å². The van der Waals surface area contributed by atoms with Crippen molar-refractivity contribution in [2.24, 2.45) is 11.1 Å². The number of carbonyl (C=O) groups excluding carboxylic acids is 1. The molecule has 0 aromatic carbocycles. The first-order valence-electron chi connectivity index (χ1n) is 3.30. The van der Waals surface area contributed by atoms with Crippen molar-refractivity contribution in [3.05, 3.63) is 0 Å². The van der Waals surface area contributed by atoms with Gasteiger partial charge in [-0.25, -0.2) is 0 Å². The Bertz CT molecular complexity index is 161. The minimum absolute atomic E-state index is 0.389. The van der Waals surface area contributed by atoms with Gasteiger partial charge < -0.3 is 11.1 Å². The second kappa shape index (κ2) is 2.82. The fourth-order valence-corrected chi connectivity index (χ4v) is 0.591. The van der Waals surface area contributed by atoms with Crippen LogP contribution in [-0.4, -0.2) is 11.6 Å². The van der Waals surface area contributed by atoms with Crippen molar-refractivity contribution >= 4 is 11.6 Å². The molecule has 0 spiro atoms. The maximum Gasteiger partial charge on any atom is 0.228 e. The van der Waals surface area contributed by atoms with Gasteiger partial charge in [0.15, 0.2) is 0 Å². The Morgan fingerprint density at radius 2 is 2.00 bits per heavy atom. The average Bonchev–Trinajstić information content (AvgIpc) is 1.86. The van der Waals surface area contributed by atoms with Crippen LogP contribution in [0.1, 0.15) is 27.2 Å². The number of nitrogens with two attached hydrogens (primary N) is 1. The van der Waals surface area contributed by atoms with Crippen molar-refractivity contribution in [2.45, 2.75) is 27.2 Å². The number of hydrogen-bond acceptors (Lipinski definition) is 2. The maximum absolute atomic E-state index is 10.7. The minimum atomic E-state index is -0.769. The molecule has 0 aliphatic heterocycles. The van der Waals surface area contributed by atoms with Crippen LogP contribution in [0.4, 0.5) is 0 Å². The van der Waals surface area contributed by atoms with E-state index in [1.54, 1.807) is 13.8 Å². The normalized spacial score (nSPS) is 11.1. The third kappa shape index (κ3) is 1.56. The van der Waals surface area contributed by atoms with Gasteiger partial charge in [0.05, 0.1) is 5.41 Å². The van der Waals surface area contributed by atoms with Crippen LogP contribution < -0.4 is 5.73 Å². The van der Waals surface area contributed by atoms with Gasteiger partial charge in [0, 0.05) is 5.71 Å². The smallest absolute Gasteiger partial charge is 0.228 e. The molecule has 0 rings (SSSR count). The van der Waals surface area contributed by atoms with Gasteiger partial charge in [-0.05, 0) is 20.3 Å².